The van der Waals surface area contributed by atoms with Gasteiger partial charge in [-0.1, -0.05) is 6.42 Å². The van der Waals surface area contributed by atoms with Crippen LogP contribution in [0, 0.1) is 11.8 Å². The summed E-state index contributed by atoms with van der Waals surface area (Å²) >= 11 is 0. The topological polar surface area (TPSA) is 66.4 Å². The molecule has 2 aliphatic rings. The molecule has 2 fully saturated rings. The van der Waals surface area contributed by atoms with Gasteiger partial charge in [-0.25, -0.2) is 4.79 Å². The summed E-state index contributed by atoms with van der Waals surface area (Å²) in [6.07, 6.45) is -3.01. The monoisotopic (exact) mass is 279 g/mol. The number of alkyl halides is 3. The van der Waals surface area contributed by atoms with Gasteiger partial charge in [0.15, 0.2) is 0 Å². The number of rotatable bonds is 3. The van der Waals surface area contributed by atoms with Crippen LogP contribution in [0.1, 0.15) is 38.5 Å². The zero-order chi connectivity index (χ0) is 14.3. The number of nitrogens with one attached hydrogen (secondary N) is 1. The highest BCUT2D eigenvalue weighted by Crippen LogP contribution is 2.41. The van der Waals surface area contributed by atoms with Crippen LogP contribution in [0.25, 0.3) is 0 Å². The summed E-state index contributed by atoms with van der Waals surface area (Å²) < 4.78 is 37.9. The van der Waals surface area contributed by atoms with Crippen molar-refractivity contribution in [3.05, 3.63) is 0 Å². The number of halogens is 3. The van der Waals surface area contributed by atoms with E-state index in [4.69, 9.17) is 5.11 Å². The molecule has 2 N–H and O–H groups in total. The van der Waals surface area contributed by atoms with Crippen LogP contribution in [0.15, 0.2) is 0 Å². The second-order valence-electron chi connectivity index (χ2n) is 5.48. The maximum atomic E-state index is 12.6. The third-order valence-corrected chi connectivity index (χ3v) is 4.03. The summed E-state index contributed by atoms with van der Waals surface area (Å²) in [6, 6.07) is 0. The van der Waals surface area contributed by atoms with Gasteiger partial charge >= 0.3 is 12.1 Å². The first-order valence-corrected chi connectivity index (χ1v) is 6.37. The van der Waals surface area contributed by atoms with Gasteiger partial charge in [0, 0.05) is 5.92 Å². The van der Waals surface area contributed by atoms with E-state index in [9.17, 15) is 22.8 Å². The number of carboxylic acid groups (broad SMARTS) is 1. The lowest BCUT2D eigenvalue weighted by atomic mass is 9.80. The fourth-order valence-electron chi connectivity index (χ4n) is 2.58. The SMILES string of the molecule is O=C(NC1(C(=O)O)CC1)C1CCCC(C(F)(F)F)C1. The Labute approximate surface area is 108 Å². The molecule has 1 amide bonds. The molecule has 108 valence electrons. The molecule has 0 heterocycles. The summed E-state index contributed by atoms with van der Waals surface area (Å²) in [6.45, 7) is 0. The van der Waals surface area contributed by atoms with E-state index in [0.29, 0.717) is 25.7 Å². The lowest BCUT2D eigenvalue weighted by molar-refractivity contribution is -0.186. The molecule has 2 rings (SSSR count). The van der Waals surface area contributed by atoms with Crippen LogP contribution >= 0.6 is 0 Å². The maximum Gasteiger partial charge on any atom is 0.391 e. The number of carboxylic acids is 1. The molecule has 19 heavy (non-hydrogen) atoms. The highest BCUT2D eigenvalue weighted by atomic mass is 19.4. The Balaban J connectivity index is 1.95. The smallest absolute Gasteiger partial charge is 0.391 e. The quantitative estimate of drug-likeness (QED) is 0.831. The van der Waals surface area contributed by atoms with E-state index >= 15 is 0 Å². The number of hydrogen-bond donors (Lipinski definition) is 2. The standard InChI is InChI=1S/C12H16F3NO3/c13-12(14,15)8-3-1-2-7(6-8)9(17)16-11(4-5-11)10(18)19/h7-8H,1-6H2,(H,16,17)(H,18,19). The van der Waals surface area contributed by atoms with Gasteiger partial charge in [-0.3, -0.25) is 4.79 Å². The van der Waals surface area contributed by atoms with Crippen molar-refractivity contribution < 1.29 is 27.9 Å². The Morgan fingerprint density at radius 1 is 1.21 bits per heavy atom. The van der Waals surface area contributed by atoms with Gasteiger partial charge in [-0.15, -0.1) is 0 Å². The highest BCUT2D eigenvalue weighted by Gasteiger charge is 2.53. The van der Waals surface area contributed by atoms with E-state index in [1.54, 1.807) is 0 Å². The van der Waals surface area contributed by atoms with Crippen LogP contribution in [0.5, 0.6) is 0 Å². The van der Waals surface area contributed by atoms with E-state index in [1.807, 2.05) is 0 Å². The zero-order valence-electron chi connectivity index (χ0n) is 10.3. The Kier molecular flexibility index (Phi) is 3.49. The van der Waals surface area contributed by atoms with E-state index in [1.165, 1.54) is 0 Å². The molecule has 0 saturated heterocycles. The molecule has 2 aliphatic carbocycles. The average Bonchev–Trinajstić information content (AvgIpc) is 3.09. The average molecular weight is 279 g/mol. The maximum absolute atomic E-state index is 12.6. The van der Waals surface area contributed by atoms with Crippen LogP contribution in [0.4, 0.5) is 13.2 Å². The predicted molar refractivity (Wildman–Crippen MR) is 59.2 cm³/mol. The van der Waals surface area contributed by atoms with Gasteiger partial charge in [0.2, 0.25) is 5.91 Å². The van der Waals surface area contributed by atoms with Crippen molar-refractivity contribution in [2.75, 3.05) is 0 Å². The van der Waals surface area contributed by atoms with Crippen LogP contribution in [-0.2, 0) is 9.59 Å². The summed E-state index contributed by atoms with van der Waals surface area (Å²) in [5, 5.41) is 11.3. The third-order valence-electron chi connectivity index (χ3n) is 4.03. The molecule has 2 saturated carbocycles. The molecule has 0 spiro atoms. The summed E-state index contributed by atoms with van der Waals surface area (Å²) in [4.78, 5) is 22.8. The second-order valence-corrected chi connectivity index (χ2v) is 5.48. The summed E-state index contributed by atoms with van der Waals surface area (Å²) in [5.41, 5.74) is -1.22. The largest absolute Gasteiger partial charge is 0.480 e. The van der Waals surface area contributed by atoms with Gasteiger partial charge in [0.1, 0.15) is 5.54 Å². The Bertz CT molecular complexity index is 390. The van der Waals surface area contributed by atoms with Crippen molar-refractivity contribution >= 4 is 11.9 Å². The minimum absolute atomic E-state index is 0.0529. The van der Waals surface area contributed by atoms with Gasteiger partial charge in [-0.05, 0) is 32.1 Å². The Morgan fingerprint density at radius 3 is 2.32 bits per heavy atom. The van der Waals surface area contributed by atoms with Crippen molar-refractivity contribution in [1.29, 1.82) is 0 Å². The molecule has 7 heteroatoms. The number of carbonyl (C=O) groups excluding carboxylic acids is 1. The Hall–Kier alpha value is -1.27. The molecule has 0 aromatic heterocycles. The molecule has 2 unspecified atom stereocenters. The van der Waals surface area contributed by atoms with Crippen LogP contribution < -0.4 is 5.32 Å². The minimum atomic E-state index is -4.27. The predicted octanol–water partition coefficient (Wildman–Crippen LogP) is 2.09. The van der Waals surface area contributed by atoms with Gasteiger partial charge in [0.25, 0.3) is 0 Å². The fraction of sp³-hybridized carbons (Fsp3) is 0.833. The van der Waals surface area contributed by atoms with Gasteiger partial charge in [-0.2, -0.15) is 13.2 Å². The molecule has 4 nitrogen and oxygen atoms in total. The summed E-state index contributed by atoms with van der Waals surface area (Å²) in [7, 11) is 0. The van der Waals surface area contributed by atoms with Crippen molar-refractivity contribution in [2.24, 2.45) is 11.8 Å². The fourth-order valence-corrected chi connectivity index (χ4v) is 2.58. The van der Waals surface area contributed by atoms with Crippen molar-refractivity contribution in [2.45, 2.75) is 50.2 Å². The van der Waals surface area contributed by atoms with E-state index in [-0.39, 0.29) is 12.8 Å². The Morgan fingerprint density at radius 2 is 1.84 bits per heavy atom. The van der Waals surface area contributed by atoms with Gasteiger partial charge in [0.05, 0.1) is 5.92 Å². The van der Waals surface area contributed by atoms with Crippen LogP contribution in [0.3, 0.4) is 0 Å². The molecule has 0 aromatic rings. The zero-order valence-corrected chi connectivity index (χ0v) is 10.3. The van der Waals surface area contributed by atoms with Crippen molar-refractivity contribution in [3.63, 3.8) is 0 Å². The highest BCUT2D eigenvalue weighted by molar-refractivity contribution is 5.90. The van der Waals surface area contributed by atoms with E-state index < -0.39 is 35.4 Å². The third kappa shape index (κ3) is 3.01. The normalized spacial score (nSPS) is 29.6. The number of carbonyl (C=O) groups is 2. The molecule has 0 bridgehead atoms. The van der Waals surface area contributed by atoms with Gasteiger partial charge < -0.3 is 10.4 Å². The number of aliphatic carboxylic acids is 1. The molecular formula is C12H16F3NO3. The first-order valence-electron chi connectivity index (χ1n) is 6.37. The second kappa shape index (κ2) is 4.68. The van der Waals surface area contributed by atoms with Crippen molar-refractivity contribution in [3.8, 4) is 0 Å². The minimum Gasteiger partial charge on any atom is -0.480 e. The number of hydrogen-bond acceptors (Lipinski definition) is 2. The lowest BCUT2D eigenvalue weighted by Gasteiger charge is -2.30. The molecule has 0 aliphatic heterocycles. The number of amides is 1. The van der Waals surface area contributed by atoms with E-state index in [2.05, 4.69) is 5.32 Å². The first-order chi connectivity index (χ1) is 8.74. The molecule has 0 aromatic carbocycles. The molecular weight excluding hydrogens is 263 g/mol. The first kappa shape index (κ1) is 14.1. The molecule has 2 atom stereocenters. The van der Waals surface area contributed by atoms with Crippen molar-refractivity contribution in [1.82, 2.24) is 5.32 Å². The van der Waals surface area contributed by atoms with Crippen LogP contribution in [-0.4, -0.2) is 28.7 Å². The lowest BCUT2D eigenvalue weighted by Crippen LogP contribution is -2.47. The van der Waals surface area contributed by atoms with E-state index in [0.717, 1.165) is 0 Å². The van der Waals surface area contributed by atoms with Crippen LogP contribution in [0.2, 0.25) is 0 Å². The molecule has 0 radical (unpaired) electrons. The summed E-state index contributed by atoms with van der Waals surface area (Å²) in [5.74, 6) is -3.83.